The SMILES string of the molecule is C=CCCNS(=O)(=O)c1ccc(C#N)cc1Cl. The second-order valence-electron chi connectivity index (χ2n) is 3.23. The highest BCUT2D eigenvalue weighted by atomic mass is 35.5. The van der Waals surface area contributed by atoms with Gasteiger partial charge in [-0.1, -0.05) is 17.7 Å². The van der Waals surface area contributed by atoms with Gasteiger partial charge in [0.25, 0.3) is 0 Å². The molecule has 0 atom stereocenters. The Hall–Kier alpha value is -1.35. The summed E-state index contributed by atoms with van der Waals surface area (Å²) in [4.78, 5) is -0.0257. The van der Waals surface area contributed by atoms with Crippen LogP contribution in [0.3, 0.4) is 0 Å². The Balaban J connectivity index is 3.00. The van der Waals surface area contributed by atoms with Gasteiger partial charge in [-0.05, 0) is 24.6 Å². The van der Waals surface area contributed by atoms with Crippen molar-refractivity contribution in [2.75, 3.05) is 6.54 Å². The maximum absolute atomic E-state index is 11.8. The zero-order valence-corrected chi connectivity index (χ0v) is 10.6. The van der Waals surface area contributed by atoms with Crippen molar-refractivity contribution < 1.29 is 8.42 Å². The first-order valence-corrected chi connectivity index (χ1v) is 6.67. The van der Waals surface area contributed by atoms with Gasteiger partial charge in [0, 0.05) is 6.54 Å². The van der Waals surface area contributed by atoms with Crippen molar-refractivity contribution in [3.8, 4) is 6.07 Å². The van der Waals surface area contributed by atoms with Crippen LogP contribution >= 0.6 is 11.6 Å². The van der Waals surface area contributed by atoms with Crippen molar-refractivity contribution >= 4 is 21.6 Å². The lowest BCUT2D eigenvalue weighted by atomic mass is 10.2. The quantitative estimate of drug-likeness (QED) is 0.658. The smallest absolute Gasteiger partial charge is 0.211 e. The van der Waals surface area contributed by atoms with E-state index in [0.717, 1.165) is 0 Å². The van der Waals surface area contributed by atoms with Crippen LogP contribution in [0, 0.1) is 11.3 Å². The second kappa shape index (κ2) is 5.82. The molecule has 0 spiro atoms. The zero-order valence-electron chi connectivity index (χ0n) is 8.98. The number of sulfonamides is 1. The fourth-order valence-corrected chi connectivity index (χ4v) is 2.75. The maximum atomic E-state index is 11.8. The third kappa shape index (κ3) is 3.56. The lowest BCUT2D eigenvalue weighted by Gasteiger charge is -2.07. The van der Waals surface area contributed by atoms with Crippen LogP contribution in [0.15, 0.2) is 35.7 Å². The van der Waals surface area contributed by atoms with Gasteiger partial charge >= 0.3 is 0 Å². The van der Waals surface area contributed by atoms with Crippen LogP contribution in [0.4, 0.5) is 0 Å². The predicted octanol–water partition coefficient (Wildman–Crippen LogP) is 2.07. The molecule has 0 aliphatic carbocycles. The van der Waals surface area contributed by atoms with Gasteiger partial charge in [-0.3, -0.25) is 0 Å². The summed E-state index contributed by atoms with van der Waals surface area (Å²) < 4.78 is 26.0. The van der Waals surface area contributed by atoms with E-state index in [0.29, 0.717) is 12.0 Å². The molecule has 4 nitrogen and oxygen atoms in total. The summed E-state index contributed by atoms with van der Waals surface area (Å²) in [5.41, 5.74) is 0.319. The minimum absolute atomic E-state index is 0.0257. The minimum atomic E-state index is -3.63. The van der Waals surface area contributed by atoms with Crippen LogP contribution in [0.5, 0.6) is 0 Å². The van der Waals surface area contributed by atoms with Crippen molar-refractivity contribution in [1.82, 2.24) is 4.72 Å². The van der Waals surface area contributed by atoms with Gasteiger partial charge in [0.2, 0.25) is 10.0 Å². The maximum Gasteiger partial charge on any atom is 0.242 e. The van der Waals surface area contributed by atoms with Crippen molar-refractivity contribution in [3.63, 3.8) is 0 Å². The Morgan fingerprint density at radius 3 is 2.76 bits per heavy atom. The highest BCUT2D eigenvalue weighted by Gasteiger charge is 2.17. The van der Waals surface area contributed by atoms with Crippen molar-refractivity contribution in [1.29, 1.82) is 5.26 Å². The van der Waals surface area contributed by atoms with Crippen LogP contribution in [-0.4, -0.2) is 15.0 Å². The van der Waals surface area contributed by atoms with Gasteiger partial charge in [0.05, 0.1) is 16.7 Å². The summed E-state index contributed by atoms with van der Waals surface area (Å²) in [6, 6.07) is 5.94. The lowest BCUT2D eigenvalue weighted by molar-refractivity contribution is 0.582. The van der Waals surface area contributed by atoms with Gasteiger partial charge in [0.1, 0.15) is 4.90 Å². The van der Waals surface area contributed by atoms with E-state index in [9.17, 15) is 8.42 Å². The van der Waals surface area contributed by atoms with Gasteiger partial charge < -0.3 is 0 Å². The summed E-state index contributed by atoms with van der Waals surface area (Å²) in [6.07, 6.45) is 2.15. The first kappa shape index (κ1) is 13.7. The molecule has 6 heteroatoms. The van der Waals surface area contributed by atoms with Crippen LogP contribution < -0.4 is 4.72 Å². The number of hydrogen-bond acceptors (Lipinski definition) is 3. The summed E-state index contributed by atoms with van der Waals surface area (Å²) >= 11 is 5.82. The largest absolute Gasteiger partial charge is 0.242 e. The van der Waals surface area contributed by atoms with E-state index in [1.165, 1.54) is 18.2 Å². The molecule has 0 heterocycles. The number of hydrogen-bond donors (Lipinski definition) is 1. The van der Waals surface area contributed by atoms with Gasteiger partial charge in [-0.15, -0.1) is 6.58 Å². The number of rotatable bonds is 5. The molecule has 0 unspecified atom stereocenters. The zero-order chi connectivity index (χ0) is 12.9. The standard InChI is InChI=1S/C11H11ClN2O2S/c1-2-3-6-14-17(15,16)11-5-4-9(8-13)7-10(11)12/h2,4-5,7,14H,1,3,6H2. The third-order valence-electron chi connectivity index (χ3n) is 1.99. The molecule has 0 saturated carbocycles. The molecular weight excluding hydrogens is 260 g/mol. The van der Waals surface area contributed by atoms with Gasteiger partial charge in [0.15, 0.2) is 0 Å². The van der Waals surface area contributed by atoms with Crippen LogP contribution in [0.25, 0.3) is 0 Å². The fourth-order valence-electron chi connectivity index (χ4n) is 1.16. The average Bonchev–Trinajstić information content (AvgIpc) is 2.28. The first-order valence-electron chi connectivity index (χ1n) is 4.81. The van der Waals surface area contributed by atoms with E-state index in [2.05, 4.69) is 11.3 Å². The summed E-state index contributed by atoms with van der Waals surface area (Å²) in [5, 5.41) is 8.68. The van der Waals surface area contributed by atoms with Crippen LogP contribution in [0.1, 0.15) is 12.0 Å². The van der Waals surface area contributed by atoms with Crippen LogP contribution in [0.2, 0.25) is 5.02 Å². The van der Waals surface area contributed by atoms with Crippen molar-refractivity contribution in [2.45, 2.75) is 11.3 Å². The predicted molar refractivity (Wildman–Crippen MR) is 66.2 cm³/mol. The number of nitrogens with zero attached hydrogens (tertiary/aromatic N) is 1. The summed E-state index contributed by atoms with van der Waals surface area (Å²) in [6.45, 7) is 3.76. The molecule has 0 fully saturated rings. The van der Waals surface area contributed by atoms with Crippen LogP contribution in [-0.2, 0) is 10.0 Å². The number of nitriles is 1. The molecule has 1 aromatic rings. The Morgan fingerprint density at radius 2 is 2.24 bits per heavy atom. The van der Waals surface area contributed by atoms with Crippen molar-refractivity contribution in [3.05, 3.63) is 41.4 Å². The van der Waals surface area contributed by atoms with Gasteiger partial charge in [-0.25, -0.2) is 13.1 Å². The van der Waals surface area contributed by atoms with E-state index in [1.807, 2.05) is 6.07 Å². The molecule has 0 aromatic heterocycles. The summed E-state index contributed by atoms with van der Waals surface area (Å²) in [5.74, 6) is 0. The Bertz CT molecular complexity index is 561. The first-order chi connectivity index (χ1) is 8.01. The molecular formula is C11H11ClN2O2S. The molecule has 0 amide bonds. The Labute approximate surface area is 106 Å². The Kier molecular flexibility index (Phi) is 4.70. The molecule has 17 heavy (non-hydrogen) atoms. The monoisotopic (exact) mass is 270 g/mol. The molecule has 0 aliphatic rings. The van der Waals surface area contributed by atoms with E-state index >= 15 is 0 Å². The molecule has 90 valence electrons. The molecule has 0 saturated heterocycles. The highest BCUT2D eigenvalue weighted by Crippen LogP contribution is 2.22. The average molecular weight is 271 g/mol. The molecule has 1 N–H and O–H groups in total. The number of nitrogens with one attached hydrogen (secondary N) is 1. The minimum Gasteiger partial charge on any atom is -0.211 e. The normalized spacial score (nSPS) is 10.8. The van der Waals surface area contributed by atoms with E-state index in [4.69, 9.17) is 16.9 Å². The fraction of sp³-hybridized carbons (Fsp3) is 0.182. The molecule has 0 aliphatic heterocycles. The lowest BCUT2D eigenvalue weighted by Crippen LogP contribution is -2.24. The highest BCUT2D eigenvalue weighted by molar-refractivity contribution is 7.89. The van der Waals surface area contributed by atoms with Crippen molar-refractivity contribution in [2.24, 2.45) is 0 Å². The van der Waals surface area contributed by atoms with E-state index < -0.39 is 10.0 Å². The second-order valence-corrected chi connectivity index (χ2v) is 5.37. The molecule has 1 rings (SSSR count). The van der Waals surface area contributed by atoms with E-state index in [-0.39, 0.29) is 16.5 Å². The number of benzene rings is 1. The van der Waals surface area contributed by atoms with Gasteiger partial charge in [-0.2, -0.15) is 5.26 Å². The molecule has 1 aromatic carbocycles. The molecule has 0 bridgehead atoms. The Morgan fingerprint density at radius 1 is 1.53 bits per heavy atom. The number of halogens is 1. The third-order valence-corrected chi connectivity index (χ3v) is 3.93. The molecule has 0 radical (unpaired) electrons. The topological polar surface area (TPSA) is 70.0 Å². The summed E-state index contributed by atoms with van der Waals surface area (Å²) in [7, 11) is -3.63. The van der Waals surface area contributed by atoms with E-state index in [1.54, 1.807) is 6.08 Å².